The topological polar surface area (TPSA) is 54.7 Å². The third-order valence-electron chi connectivity index (χ3n) is 2.03. The molecule has 3 nitrogen and oxygen atoms in total. The summed E-state index contributed by atoms with van der Waals surface area (Å²) in [5, 5.41) is 8.02. The van der Waals surface area contributed by atoms with E-state index in [2.05, 4.69) is 17.1 Å². The van der Waals surface area contributed by atoms with Crippen molar-refractivity contribution in [3.63, 3.8) is 0 Å². The molecule has 2 aromatic rings. The summed E-state index contributed by atoms with van der Waals surface area (Å²) in [6.07, 6.45) is 2.77. The number of aromatic nitrogens is 2. The van der Waals surface area contributed by atoms with Crippen LogP contribution in [-0.2, 0) is 6.42 Å². The van der Waals surface area contributed by atoms with Gasteiger partial charge in [0.05, 0.1) is 11.7 Å². The highest BCUT2D eigenvalue weighted by Gasteiger charge is 2.01. The van der Waals surface area contributed by atoms with Gasteiger partial charge in [-0.05, 0) is 24.1 Å². The lowest BCUT2D eigenvalue weighted by Gasteiger charge is -2.00. The highest BCUT2D eigenvalue weighted by molar-refractivity contribution is 5.84. The van der Waals surface area contributed by atoms with Crippen LogP contribution < -0.4 is 5.73 Å². The van der Waals surface area contributed by atoms with Gasteiger partial charge >= 0.3 is 0 Å². The first-order valence-electron chi connectivity index (χ1n) is 4.02. The molecule has 1 heterocycles. The Labute approximate surface area is 70.6 Å². The third-order valence-corrected chi connectivity index (χ3v) is 2.03. The number of nitrogens with two attached hydrogens (primary N) is 1. The van der Waals surface area contributed by atoms with Crippen molar-refractivity contribution in [2.75, 3.05) is 5.73 Å². The van der Waals surface area contributed by atoms with Gasteiger partial charge in [0.2, 0.25) is 0 Å². The zero-order valence-corrected chi connectivity index (χ0v) is 6.96. The van der Waals surface area contributed by atoms with E-state index in [1.54, 1.807) is 6.20 Å². The molecule has 0 aliphatic carbocycles. The molecule has 3 heteroatoms. The number of aryl methyl sites for hydroxylation is 1. The van der Waals surface area contributed by atoms with Crippen LogP contribution in [0.5, 0.6) is 0 Å². The Kier molecular flexibility index (Phi) is 1.50. The second-order valence-electron chi connectivity index (χ2n) is 2.87. The van der Waals surface area contributed by atoms with Gasteiger partial charge in [0.1, 0.15) is 0 Å². The van der Waals surface area contributed by atoms with Gasteiger partial charge in [-0.25, -0.2) is 0 Å². The first-order chi connectivity index (χ1) is 5.81. The number of benzene rings is 1. The van der Waals surface area contributed by atoms with Crippen LogP contribution in [0.2, 0.25) is 0 Å². The minimum atomic E-state index is 0.806. The molecular formula is C9H11N3. The zero-order chi connectivity index (χ0) is 8.55. The molecule has 0 amide bonds. The summed E-state index contributed by atoms with van der Waals surface area (Å²) < 4.78 is 0. The number of fused-ring (bicyclic) bond motifs is 1. The number of hydrogen-bond donors (Lipinski definition) is 2. The van der Waals surface area contributed by atoms with E-state index in [4.69, 9.17) is 5.73 Å². The summed E-state index contributed by atoms with van der Waals surface area (Å²) in [4.78, 5) is 0. The highest BCUT2D eigenvalue weighted by atomic mass is 15.1. The molecule has 62 valence electrons. The van der Waals surface area contributed by atoms with Crippen LogP contribution in [0.1, 0.15) is 12.5 Å². The molecule has 3 N–H and O–H groups in total. The molecule has 0 unspecified atom stereocenters. The summed E-state index contributed by atoms with van der Waals surface area (Å²) >= 11 is 0. The van der Waals surface area contributed by atoms with Crippen molar-refractivity contribution in [2.24, 2.45) is 0 Å². The van der Waals surface area contributed by atoms with Gasteiger partial charge in [-0.15, -0.1) is 0 Å². The molecule has 1 aromatic carbocycles. The number of nitrogen functional groups attached to an aromatic ring is 1. The Balaban J connectivity index is 2.80. The quantitative estimate of drug-likeness (QED) is 0.625. The molecule has 0 saturated heterocycles. The first kappa shape index (κ1) is 7.16. The van der Waals surface area contributed by atoms with Crippen LogP contribution in [0.4, 0.5) is 5.69 Å². The first-order valence-corrected chi connectivity index (χ1v) is 4.02. The predicted molar refractivity (Wildman–Crippen MR) is 49.9 cm³/mol. The smallest absolute Gasteiger partial charge is 0.0683 e. The fourth-order valence-corrected chi connectivity index (χ4v) is 1.44. The standard InChI is InChI=1S/C9H11N3/c1-2-6-3-8(10)4-7-5-11-12-9(6)7/h3-5H,2,10H2,1H3,(H,11,12). The second-order valence-corrected chi connectivity index (χ2v) is 2.87. The Morgan fingerprint density at radius 3 is 3.08 bits per heavy atom. The maximum absolute atomic E-state index is 5.72. The average molecular weight is 161 g/mol. The van der Waals surface area contributed by atoms with Crippen molar-refractivity contribution in [3.05, 3.63) is 23.9 Å². The maximum atomic E-state index is 5.72. The zero-order valence-electron chi connectivity index (χ0n) is 6.96. The Morgan fingerprint density at radius 2 is 2.33 bits per heavy atom. The summed E-state index contributed by atoms with van der Waals surface area (Å²) in [5.41, 5.74) is 8.85. The number of rotatable bonds is 1. The molecule has 0 aliphatic rings. The van der Waals surface area contributed by atoms with Crippen LogP contribution in [0, 0.1) is 0 Å². The van der Waals surface area contributed by atoms with E-state index in [0.717, 1.165) is 23.0 Å². The normalized spacial score (nSPS) is 10.8. The number of aromatic amines is 1. The van der Waals surface area contributed by atoms with Gasteiger partial charge in [-0.3, -0.25) is 5.10 Å². The second kappa shape index (κ2) is 2.52. The van der Waals surface area contributed by atoms with Crippen LogP contribution in [0.15, 0.2) is 18.3 Å². The number of nitrogens with zero attached hydrogens (tertiary/aromatic N) is 1. The van der Waals surface area contributed by atoms with Crippen molar-refractivity contribution < 1.29 is 0 Å². The summed E-state index contributed by atoms with van der Waals surface area (Å²) in [7, 11) is 0. The molecule has 0 bridgehead atoms. The SMILES string of the molecule is CCc1cc(N)cc2cn[nH]c12. The number of hydrogen-bond acceptors (Lipinski definition) is 2. The van der Waals surface area contributed by atoms with Gasteiger partial charge in [-0.2, -0.15) is 5.10 Å². The van der Waals surface area contributed by atoms with Crippen molar-refractivity contribution in [1.29, 1.82) is 0 Å². The predicted octanol–water partition coefficient (Wildman–Crippen LogP) is 1.71. The Morgan fingerprint density at radius 1 is 1.50 bits per heavy atom. The molecule has 0 spiro atoms. The number of anilines is 1. The minimum Gasteiger partial charge on any atom is -0.399 e. The fraction of sp³-hybridized carbons (Fsp3) is 0.222. The largest absolute Gasteiger partial charge is 0.399 e. The Bertz CT molecular complexity index is 403. The lowest BCUT2D eigenvalue weighted by molar-refractivity contribution is 1.09. The third kappa shape index (κ3) is 0.942. The maximum Gasteiger partial charge on any atom is 0.0683 e. The molecule has 0 atom stereocenters. The molecule has 2 rings (SSSR count). The Hall–Kier alpha value is -1.51. The fourth-order valence-electron chi connectivity index (χ4n) is 1.44. The van der Waals surface area contributed by atoms with Gasteiger partial charge < -0.3 is 5.73 Å². The molecule has 1 aromatic heterocycles. The van der Waals surface area contributed by atoms with Crippen molar-refractivity contribution in [1.82, 2.24) is 10.2 Å². The molecule has 0 fully saturated rings. The number of H-pyrrole nitrogens is 1. The van der Waals surface area contributed by atoms with Gasteiger partial charge in [0.25, 0.3) is 0 Å². The summed E-state index contributed by atoms with van der Waals surface area (Å²) in [5.74, 6) is 0. The van der Waals surface area contributed by atoms with E-state index in [1.165, 1.54) is 5.56 Å². The van der Waals surface area contributed by atoms with E-state index < -0.39 is 0 Å². The van der Waals surface area contributed by atoms with Crippen LogP contribution in [0.25, 0.3) is 10.9 Å². The molecular weight excluding hydrogens is 150 g/mol. The minimum absolute atomic E-state index is 0.806. The lowest BCUT2D eigenvalue weighted by atomic mass is 10.1. The van der Waals surface area contributed by atoms with Gasteiger partial charge in [-0.1, -0.05) is 6.92 Å². The summed E-state index contributed by atoms with van der Waals surface area (Å²) in [6.45, 7) is 2.11. The molecule has 0 aliphatic heterocycles. The highest BCUT2D eigenvalue weighted by Crippen LogP contribution is 2.20. The van der Waals surface area contributed by atoms with Crippen molar-refractivity contribution in [3.8, 4) is 0 Å². The lowest BCUT2D eigenvalue weighted by Crippen LogP contribution is -1.89. The molecule has 12 heavy (non-hydrogen) atoms. The number of nitrogens with one attached hydrogen (secondary N) is 1. The van der Waals surface area contributed by atoms with E-state index in [1.807, 2.05) is 12.1 Å². The van der Waals surface area contributed by atoms with E-state index >= 15 is 0 Å². The van der Waals surface area contributed by atoms with Crippen LogP contribution in [-0.4, -0.2) is 10.2 Å². The monoisotopic (exact) mass is 161 g/mol. The van der Waals surface area contributed by atoms with Crippen molar-refractivity contribution >= 4 is 16.6 Å². The van der Waals surface area contributed by atoms with Gasteiger partial charge in [0, 0.05) is 11.1 Å². The summed E-state index contributed by atoms with van der Waals surface area (Å²) in [6, 6.07) is 3.92. The molecule has 0 saturated carbocycles. The van der Waals surface area contributed by atoms with Gasteiger partial charge in [0.15, 0.2) is 0 Å². The molecule has 0 radical (unpaired) electrons. The van der Waals surface area contributed by atoms with Crippen LogP contribution in [0.3, 0.4) is 0 Å². The van der Waals surface area contributed by atoms with E-state index in [9.17, 15) is 0 Å². The van der Waals surface area contributed by atoms with Crippen molar-refractivity contribution in [2.45, 2.75) is 13.3 Å². The van der Waals surface area contributed by atoms with Crippen LogP contribution >= 0.6 is 0 Å². The van der Waals surface area contributed by atoms with E-state index in [-0.39, 0.29) is 0 Å². The average Bonchev–Trinajstić information content (AvgIpc) is 2.50. The van der Waals surface area contributed by atoms with E-state index in [0.29, 0.717) is 0 Å².